The minimum Gasteiger partial charge on any atom is -0.383 e. The summed E-state index contributed by atoms with van der Waals surface area (Å²) in [6.45, 7) is 12.3. The van der Waals surface area contributed by atoms with Gasteiger partial charge in [-0.2, -0.15) is 0 Å². The smallest absolute Gasteiger partial charge is 0.254 e. The number of hydrogen-bond donors (Lipinski definition) is 0. The van der Waals surface area contributed by atoms with Gasteiger partial charge in [-0.3, -0.25) is 9.69 Å². The molecule has 202 valence electrons. The second-order valence-electron chi connectivity index (χ2n) is 10.0. The minimum atomic E-state index is 0.0536. The molecular formula is C30H44N4O3. The highest BCUT2D eigenvalue weighted by molar-refractivity contribution is 5.94. The Morgan fingerprint density at radius 3 is 2.38 bits per heavy atom. The fourth-order valence-electron chi connectivity index (χ4n) is 4.51. The molecular weight excluding hydrogens is 464 g/mol. The highest BCUT2D eigenvalue weighted by Crippen LogP contribution is 2.20. The van der Waals surface area contributed by atoms with Gasteiger partial charge in [0.25, 0.3) is 5.91 Å². The Labute approximate surface area is 222 Å². The van der Waals surface area contributed by atoms with Crippen LogP contribution in [-0.2, 0) is 29.1 Å². The fraction of sp³-hybridized carbons (Fsp3) is 0.533. The maximum atomic E-state index is 13.9. The highest BCUT2D eigenvalue weighted by atomic mass is 16.5. The summed E-state index contributed by atoms with van der Waals surface area (Å²) >= 11 is 0. The number of rotatable bonds is 16. The van der Waals surface area contributed by atoms with Crippen molar-refractivity contribution in [3.63, 3.8) is 0 Å². The van der Waals surface area contributed by atoms with Crippen LogP contribution in [0, 0.1) is 5.92 Å². The van der Waals surface area contributed by atoms with Crippen molar-refractivity contribution in [3.05, 3.63) is 65.5 Å². The molecule has 0 aliphatic carbocycles. The van der Waals surface area contributed by atoms with E-state index in [-0.39, 0.29) is 5.91 Å². The second-order valence-corrected chi connectivity index (χ2v) is 10.0. The molecule has 7 nitrogen and oxygen atoms in total. The lowest BCUT2D eigenvalue weighted by Gasteiger charge is -2.25. The predicted molar refractivity (Wildman–Crippen MR) is 150 cm³/mol. The third kappa shape index (κ3) is 8.38. The van der Waals surface area contributed by atoms with Crippen molar-refractivity contribution in [3.8, 4) is 0 Å². The molecule has 0 fully saturated rings. The Hall–Kier alpha value is -2.74. The number of aromatic nitrogens is 2. The van der Waals surface area contributed by atoms with Crippen molar-refractivity contribution in [1.82, 2.24) is 19.4 Å². The van der Waals surface area contributed by atoms with E-state index in [4.69, 9.17) is 14.5 Å². The molecule has 1 amide bonds. The summed E-state index contributed by atoms with van der Waals surface area (Å²) in [6.07, 6.45) is 1.96. The van der Waals surface area contributed by atoms with E-state index in [9.17, 15) is 4.79 Å². The normalized spacial score (nSPS) is 11.6. The highest BCUT2D eigenvalue weighted by Gasteiger charge is 2.21. The molecule has 0 aliphatic rings. The predicted octanol–water partition coefficient (Wildman–Crippen LogP) is 5.23. The van der Waals surface area contributed by atoms with Crippen LogP contribution in [0.15, 0.2) is 48.5 Å². The summed E-state index contributed by atoms with van der Waals surface area (Å²) in [7, 11) is 3.43. The van der Waals surface area contributed by atoms with Crippen molar-refractivity contribution >= 4 is 16.9 Å². The Balaban J connectivity index is 1.85. The molecule has 0 N–H and O–H groups in total. The van der Waals surface area contributed by atoms with Gasteiger partial charge in [0.05, 0.1) is 30.8 Å². The zero-order valence-corrected chi connectivity index (χ0v) is 23.3. The van der Waals surface area contributed by atoms with Gasteiger partial charge in [-0.15, -0.1) is 0 Å². The summed E-state index contributed by atoms with van der Waals surface area (Å²) in [4.78, 5) is 23.1. The van der Waals surface area contributed by atoms with Crippen LogP contribution < -0.4 is 0 Å². The first-order valence-corrected chi connectivity index (χ1v) is 13.5. The average Bonchev–Trinajstić information content (AvgIpc) is 3.24. The van der Waals surface area contributed by atoms with Crippen molar-refractivity contribution in [2.75, 3.05) is 47.1 Å². The molecule has 1 aromatic heterocycles. The molecule has 0 saturated carbocycles. The Morgan fingerprint density at radius 1 is 0.973 bits per heavy atom. The number of hydrogen-bond acceptors (Lipinski definition) is 5. The third-order valence-electron chi connectivity index (χ3n) is 6.58. The van der Waals surface area contributed by atoms with Gasteiger partial charge in [-0.1, -0.05) is 45.0 Å². The van der Waals surface area contributed by atoms with Crippen LogP contribution >= 0.6 is 0 Å². The van der Waals surface area contributed by atoms with Crippen LogP contribution in [0.25, 0.3) is 11.0 Å². The molecule has 0 radical (unpaired) electrons. The number of benzene rings is 2. The zero-order chi connectivity index (χ0) is 26.6. The Kier molecular flexibility index (Phi) is 11.6. The summed E-state index contributed by atoms with van der Waals surface area (Å²) in [5, 5.41) is 0. The molecule has 0 unspecified atom stereocenters. The van der Waals surface area contributed by atoms with Crippen LogP contribution in [0.2, 0.25) is 0 Å². The number of para-hydroxylation sites is 2. The van der Waals surface area contributed by atoms with Crippen LogP contribution in [0.1, 0.15) is 55.4 Å². The van der Waals surface area contributed by atoms with Crippen LogP contribution in [-0.4, -0.2) is 72.3 Å². The van der Waals surface area contributed by atoms with Crippen LogP contribution in [0.4, 0.5) is 0 Å². The fourth-order valence-corrected chi connectivity index (χ4v) is 4.51. The van der Waals surface area contributed by atoms with E-state index in [1.807, 2.05) is 35.2 Å². The largest absolute Gasteiger partial charge is 0.383 e. The topological polar surface area (TPSA) is 59.8 Å². The standard InChI is InChI=1S/C30H44N4O3/c1-6-15-34-28-13-8-7-12-27(28)31-29(34)23-33(16-14-24(2)3)30(35)26-11-9-10-25(21-26)22-32(17-19-36-4)18-20-37-5/h7-13,21,24H,6,14-20,22-23H2,1-5H3. The number of ether oxygens (including phenoxy) is 2. The van der Waals surface area contributed by atoms with Crippen molar-refractivity contribution < 1.29 is 14.3 Å². The number of fused-ring (bicyclic) bond motifs is 1. The summed E-state index contributed by atoms with van der Waals surface area (Å²) in [5.41, 5.74) is 3.94. The Morgan fingerprint density at radius 2 is 1.70 bits per heavy atom. The first kappa shape index (κ1) is 28.8. The van der Waals surface area contributed by atoms with Crippen molar-refractivity contribution in [1.29, 1.82) is 0 Å². The lowest BCUT2D eigenvalue weighted by molar-refractivity contribution is 0.0729. The maximum Gasteiger partial charge on any atom is 0.254 e. The molecule has 0 atom stereocenters. The molecule has 3 rings (SSSR count). The number of amides is 1. The number of imidazole rings is 1. The van der Waals surface area contributed by atoms with E-state index < -0.39 is 0 Å². The van der Waals surface area contributed by atoms with Crippen molar-refractivity contribution in [2.45, 2.75) is 53.2 Å². The van der Waals surface area contributed by atoms with Gasteiger partial charge in [0, 0.05) is 52.5 Å². The van der Waals surface area contributed by atoms with E-state index in [1.54, 1.807) is 14.2 Å². The number of carbonyl (C=O) groups excluding carboxylic acids is 1. The Bertz CT molecular complexity index is 1100. The lowest BCUT2D eigenvalue weighted by Crippen LogP contribution is -2.33. The zero-order valence-electron chi connectivity index (χ0n) is 23.3. The minimum absolute atomic E-state index is 0.0536. The van der Waals surface area contributed by atoms with Crippen molar-refractivity contribution in [2.24, 2.45) is 5.92 Å². The number of nitrogens with zero attached hydrogens (tertiary/aromatic N) is 4. The van der Waals surface area contributed by atoms with E-state index in [0.29, 0.717) is 32.2 Å². The van der Waals surface area contributed by atoms with Gasteiger partial charge in [0.15, 0.2) is 0 Å². The van der Waals surface area contributed by atoms with Gasteiger partial charge < -0.3 is 18.9 Å². The molecule has 0 spiro atoms. The summed E-state index contributed by atoms with van der Waals surface area (Å²) in [5.74, 6) is 1.51. The molecule has 2 aromatic carbocycles. The van der Waals surface area contributed by atoms with E-state index in [1.165, 1.54) is 0 Å². The van der Waals surface area contributed by atoms with Gasteiger partial charge in [-0.25, -0.2) is 4.98 Å². The SMILES string of the molecule is CCCn1c(CN(CCC(C)C)C(=O)c2cccc(CN(CCOC)CCOC)c2)nc2ccccc21. The molecule has 0 aliphatic heterocycles. The lowest BCUT2D eigenvalue weighted by atomic mass is 10.1. The molecule has 37 heavy (non-hydrogen) atoms. The number of methoxy groups -OCH3 is 2. The van der Waals surface area contributed by atoms with Gasteiger partial charge in [-0.05, 0) is 48.6 Å². The molecule has 7 heteroatoms. The second kappa shape index (κ2) is 14.9. The van der Waals surface area contributed by atoms with Crippen LogP contribution in [0.5, 0.6) is 0 Å². The first-order chi connectivity index (χ1) is 18.0. The molecule has 1 heterocycles. The number of carbonyl (C=O) groups is 1. The van der Waals surface area contributed by atoms with Gasteiger partial charge in [0.2, 0.25) is 0 Å². The van der Waals surface area contributed by atoms with Crippen LogP contribution in [0.3, 0.4) is 0 Å². The van der Waals surface area contributed by atoms with E-state index in [2.05, 4.69) is 48.4 Å². The quantitative estimate of drug-likeness (QED) is 0.265. The monoisotopic (exact) mass is 508 g/mol. The molecule has 0 saturated heterocycles. The third-order valence-corrected chi connectivity index (χ3v) is 6.58. The van der Waals surface area contributed by atoms with Gasteiger partial charge >= 0.3 is 0 Å². The summed E-state index contributed by atoms with van der Waals surface area (Å²) in [6, 6.07) is 16.3. The maximum absolute atomic E-state index is 13.9. The average molecular weight is 509 g/mol. The van der Waals surface area contributed by atoms with Gasteiger partial charge in [0.1, 0.15) is 5.82 Å². The molecule has 3 aromatic rings. The number of aryl methyl sites for hydroxylation is 1. The van der Waals surface area contributed by atoms with E-state index in [0.717, 1.165) is 67.0 Å². The van der Waals surface area contributed by atoms with E-state index >= 15 is 0 Å². The first-order valence-electron chi connectivity index (χ1n) is 13.5. The molecule has 0 bridgehead atoms. The summed E-state index contributed by atoms with van der Waals surface area (Å²) < 4.78 is 12.8.